The third-order valence-corrected chi connectivity index (χ3v) is 3.86. The molecule has 0 aliphatic carbocycles. The standard InChI is InChI=1S/C16H22N4O3/c1-3-4-6-10-18-13(21)11-20-14(22)16(2,19-15(20)23)12-8-5-7-9-17-12/h5,7-9H,3-4,6,10-11H2,1-2H3,(H,18,21)(H,19,23). The van der Waals surface area contributed by atoms with E-state index in [0.29, 0.717) is 12.2 Å². The average molecular weight is 318 g/mol. The first kappa shape index (κ1) is 16.9. The fraction of sp³-hybridized carbons (Fsp3) is 0.500. The van der Waals surface area contributed by atoms with Crippen LogP contribution in [0.3, 0.4) is 0 Å². The Morgan fingerprint density at radius 2 is 2.13 bits per heavy atom. The predicted octanol–water partition coefficient (Wildman–Crippen LogP) is 1.16. The van der Waals surface area contributed by atoms with Gasteiger partial charge in [-0.25, -0.2) is 4.79 Å². The summed E-state index contributed by atoms with van der Waals surface area (Å²) in [7, 11) is 0. The summed E-state index contributed by atoms with van der Waals surface area (Å²) < 4.78 is 0. The molecule has 1 saturated heterocycles. The summed E-state index contributed by atoms with van der Waals surface area (Å²) in [6, 6.07) is 4.57. The van der Waals surface area contributed by atoms with Crippen molar-refractivity contribution in [2.24, 2.45) is 0 Å². The van der Waals surface area contributed by atoms with E-state index in [1.54, 1.807) is 31.3 Å². The minimum Gasteiger partial charge on any atom is -0.355 e. The fourth-order valence-electron chi connectivity index (χ4n) is 2.47. The molecule has 0 aromatic carbocycles. The van der Waals surface area contributed by atoms with Crippen LogP contribution < -0.4 is 10.6 Å². The number of unbranched alkanes of at least 4 members (excludes halogenated alkanes) is 2. The molecular formula is C16H22N4O3. The van der Waals surface area contributed by atoms with Crippen molar-refractivity contribution in [3.63, 3.8) is 0 Å². The lowest BCUT2D eigenvalue weighted by molar-refractivity contribution is -0.134. The number of urea groups is 1. The summed E-state index contributed by atoms with van der Waals surface area (Å²) in [5, 5.41) is 5.35. The van der Waals surface area contributed by atoms with Crippen molar-refractivity contribution in [2.75, 3.05) is 13.1 Å². The molecule has 1 aliphatic rings. The monoisotopic (exact) mass is 318 g/mol. The highest BCUT2D eigenvalue weighted by atomic mass is 16.2. The maximum Gasteiger partial charge on any atom is 0.325 e. The van der Waals surface area contributed by atoms with E-state index >= 15 is 0 Å². The van der Waals surface area contributed by atoms with Crippen LogP contribution in [-0.4, -0.2) is 40.8 Å². The first-order chi connectivity index (χ1) is 11.0. The van der Waals surface area contributed by atoms with Gasteiger partial charge in [0.15, 0.2) is 5.54 Å². The van der Waals surface area contributed by atoms with Crippen LogP contribution in [-0.2, 0) is 15.1 Å². The number of nitrogens with one attached hydrogen (secondary N) is 2. The number of pyridine rings is 1. The lowest BCUT2D eigenvalue weighted by Gasteiger charge is -2.20. The van der Waals surface area contributed by atoms with Crippen molar-refractivity contribution < 1.29 is 14.4 Å². The maximum atomic E-state index is 12.6. The molecule has 7 heteroatoms. The summed E-state index contributed by atoms with van der Waals surface area (Å²) in [6.45, 7) is 3.94. The van der Waals surface area contributed by atoms with Gasteiger partial charge in [-0.05, 0) is 25.5 Å². The topological polar surface area (TPSA) is 91.4 Å². The quantitative estimate of drug-likeness (QED) is 0.583. The molecule has 0 saturated carbocycles. The molecule has 23 heavy (non-hydrogen) atoms. The van der Waals surface area contributed by atoms with Crippen molar-refractivity contribution in [1.29, 1.82) is 0 Å². The zero-order valence-corrected chi connectivity index (χ0v) is 13.5. The van der Waals surface area contributed by atoms with Gasteiger partial charge in [0.05, 0.1) is 5.69 Å². The lowest BCUT2D eigenvalue weighted by Crippen LogP contribution is -2.43. The molecule has 4 amide bonds. The van der Waals surface area contributed by atoms with E-state index in [4.69, 9.17) is 0 Å². The van der Waals surface area contributed by atoms with Crippen LogP contribution in [0, 0.1) is 0 Å². The smallest absolute Gasteiger partial charge is 0.325 e. The van der Waals surface area contributed by atoms with E-state index in [0.717, 1.165) is 24.2 Å². The zero-order chi connectivity index (χ0) is 16.9. The molecule has 0 radical (unpaired) electrons. The number of rotatable bonds is 7. The van der Waals surface area contributed by atoms with Crippen LogP contribution in [0.2, 0.25) is 0 Å². The van der Waals surface area contributed by atoms with Gasteiger partial charge in [-0.15, -0.1) is 0 Å². The Labute approximate surface area is 135 Å². The summed E-state index contributed by atoms with van der Waals surface area (Å²) in [4.78, 5) is 41.6. The number of amides is 4. The lowest BCUT2D eigenvalue weighted by atomic mass is 9.97. The van der Waals surface area contributed by atoms with E-state index in [1.807, 2.05) is 0 Å². The summed E-state index contributed by atoms with van der Waals surface area (Å²) in [5.41, 5.74) is -0.787. The minimum absolute atomic E-state index is 0.279. The van der Waals surface area contributed by atoms with Gasteiger partial charge >= 0.3 is 6.03 Å². The van der Waals surface area contributed by atoms with Crippen molar-refractivity contribution >= 4 is 17.8 Å². The van der Waals surface area contributed by atoms with Gasteiger partial charge in [-0.1, -0.05) is 25.8 Å². The highest BCUT2D eigenvalue weighted by Crippen LogP contribution is 2.26. The fourth-order valence-corrected chi connectivity index (χ4v) is 2.47. The second-order valence-electron chi connectivity index (χ2n) is 5.72. The average Bonchev–Trinajstić information content (AvgIpc) is 2.77. The number of hydrogen-bond donors (Lipinski definition) is 2. The van der Waals surface area contributed by atoms with Gasteiger partial charge < -0.3 is 10.6 Å². The van der Waals surface area contributed by atoms with Gasteiger partial charge in [0.2, 0.25) is 5.91 Å². The number of carbonyl (C=O) groups excluding carboxylic acids is 3. The molecule has 1 fully saturated rings. The van der Waals surface area contributed by atoms with Crippen LogP contribution in [0.4, 0.5) is 4.79 Å². The van der Waals surface area contributed by atoms with Crippen LogP contribution >= 0.6 is 0 Å². The molecule has 2 N–H and O–H groups in total. The van der Waals surface area contributed by atoms with Crippen molar-refractivity contribution in [2.45, 2.75) is 38.6 Å². The SMILES string of the molecule is CCCCCNC(=O)CN1C(=O)NC(C)(c2ccccn2)C1=O. The number of imide groups is 1. The Bertz CT molecular complexity index is 590. The van der Waals surface area contributed by atoms with Crippen LogP contribution in [0.5, 0.6) is 0 Å². The molecule has 2 heterocycles. The number of carbonyl (C=O) groups is 3. The molecule has 1 aromatic heterocycles. The van der Waals surface area contributed by atoms with E-state index in [9.17, 15) is 14.4 Å². The predicted molar refractivity (Wildman–Crippen MR) is 84.4 cm³/mol. The van der Waals surface area contributed by atoms with E-state index < -0.39 is 17.5 Å². The minimum atomic E-state index is -1.24. The molecule has 0 spiro atoms. The summed E-state index contributed by atoms with van der Waals surface area (Å²) in [5.74, 6) is -0.806. The third-order valence-electron chi connectivity index (χ3n) is 3.86. The molecule has 1 unspecified atom stereocenters. The van der Waals surface area contributed by atoms with Gasteiger partial charge in [0, 0.05) is 12.7 Å². The Morgan fingerprint density at radius 1 is 1.35 bits per heavy atom. The van der Waals surface area contributed by atoms with Crippen LogP contribution in [0.15, 0.2) is 24.4 Å². The molecule has 1 aliphatic heterocycles. The highest BCUT2D eigenvalue weighted by molar-refractivity contribution is 6.08. The molecule has 1 aromatic rings. The van der Waals surface area contributed by atoms with Crippen molar-refractivity contribution in [1.82, 2.24) is 20.5 Å². The molecule has 7 nitrogen and oxygen atoms in total. The summed E-state index contributed by atoms with van der Waals surface area (Å²) in [6.07, 6.45) is 4.53. The van der Waals surface area contributed by atoms with E-state index in [2.05, 4.69) is 22.5 Å². The zero-order valence-electron chi connectivity index (χ0n) is 13.5. The highest BCUT2D eigenvalue weighted by Gasteiger charge is 2.50. The van der Waals surface area contributed by atoms with Gasteiger partial charge in [0.25, 0.3) is 5.91 Å². The van der Waals surface area contributed by atoms with Crippen molar-refractivity contribution in [3.8, 4) is 0 Å². The van der Waals surface area contributed by atoms with Gasteiger partial charge in [0.1, 0.15) is 6.54 Å². The Hall–Kier alpha value is -2.44. The first-order valence-electron chi connectivity index (χ1n) is 7.81. The number of aromatic nitrogens is 1. The molecule has 1 atom stereocenters. The Balaban J connectivity index is 2.00. The maximum absolute atomic E-state index is 12.6. The first-order valence-corrected chi connectivity index (χ1v) is 7.81. The normalized spacial score (nSPS) is 20.5. The second-order valence-corrected chi connectivity index (χ2v) is 5.72. The van der Waals surface area contributed by atoms with Gasteiger partial charge in [-0.3, -0.25) is 19.5 Å². The van der Waals surface area contributed by atoms with Gasteiger partial charge in [-0.2, -0.15) is 0 Å². The number of hydrogen-bond acceptors (Lipinski definition) is 4. The number of nitrogens with zero attached hydrogens (tertiary/aromatic N) is 2. The third kappa shape index (κ3) is 3.67. The molecule has 0 bridgehead atoms. The largest absolute Gasteiger partial charge is 0.355 e. The second kappa shape index (κ2) is 7.21. The summed E-state index contributed by atoms with van der Waals surface area (Å²) >= 11 is 0. The van der Waals surface area contributed by atoms with Crippen LogP contribution in [0.25, 0.3) is 0 Å². The van der Waals surface area contributed by atoms with Crippen LogP contribution in [0.1, 0.15) is 38.8 Å². The Kier molecular flexibility index (Phi) is 5.31. The Morgan fingerprint density at radius 3 is 2.78 bits per heavy atom. The molecular weight excluding hydrogens is 296 g/mol. The van der Waals surface area contributed by atoms with Crippen molar-refractivity contribution in [3.05, 3.63) is 30.1 Å². The molecule has 124 valence electrons. The molecule has 2 rings (SSSR count). The van der Waals surface area contributed by atoms with E-state index in [-0.39, 0.29) is 12.5 Å². The van der Waals surface area contributed by atoms with E-state index in [1.165, 1.54) is 0 Å².